The van der Waals surface area contributed by atoms with Gasteiger partial charge in [-0.1, -0.05) is 0 Å². The molecule has 0 aliphatic heterocycles. The zero-order chi connectivity index (χ0) is 13.1. The maximum Gasteiger partial charge on any atom is 0.303 e. The molecule has 2 aromatic rings. The summed E-state index contributed by atoms with van der Waals surface area (Å²) in [6.07, 6.45) is 2.80. The summed E-state index contributed by atoms with van der Waals surface area (Å²) in [7, 11) is 0. The van der Waals surface area contributed by atoms with Crippen molar-refractivity contribution in [1.82, 2.24) is 19.5 Å². The SMILES string of the molecule is CCn1cnc(=N)c2[nH]c(CCCC(=O)O)nc21. The van der Waals surface area contributed by atoms with E-state index in [1.165, 1.54) is 0 Å². The van der Waals surface area contributed by atoms with E-state index in [-0.39, 0.29) is 11.9 Å². The second-order valence-electron chi connectivity index (χ2n) is 4.01. The van der Waals surface area contributed by atoms with Crippen LogP contribution in [0.1, 0.15) is 25.6 Å². The fraction of sp³-hybridized carbons (Fsp3) is 0.455. The van der Waals surface area contributed by atoms with Crippen molar-refractivity contribution >= 4 is 17.1 Å². The van der Waals surface area contributed by atoms with Crippen LogP contribution in [0.2, 0.25) is 0 Å². The van der Waals surface area contributed by atoms with Crippen molar-refractivity contribution in [3.05, 3.63) is 17.6 Å². The number of hydrogen-bond acceptors (Lipinski definition) is 4. The number of nitrogens with zero attached hydrogens (tertiary/aromatic N) is 3. The molecule has 0 aliphatic rings. The minimum Gasteiger partial charge on any atom is -0.481 e. The highest BCUT2D eigenvalue weighted by atomic mass is 16.4. The Morgan fingerprint density at radius 1 is 1.61 bits per heavy atom. The summed E-state index contributed by atoms with van der Waals surface area (Å²) in [5, 5.41) is 16.3. The number of carboxylic acid groups (broad SMARTS) is 1. The van der Waals surface area contributed by atoms with Gasteiger partial charge in [-0.05, 0) is 13.3 Å². The number of hydrogen-bond donors (Lipinski definition) is 3. The third-order valence-corrected chi connectivity index (χ3v) is 2.71. The average molecular weight is 249 g/mol. The number of carboxylic acids is 1. The predicted molar refractivity (Wildman–Crippen MR) is 64.0 cm³/mol. The first-order chi connectivity index (χ1) is 8.61. The van der Waals surface area contributed by atoms with Crippen molar-refractivity contribution in [3.8, 4) is 0 Å². The average Bonchev–Trinajstić information content (AvgIpc) is 2.74. The second-order valence-corrected chi connectivity index (χ2v) is 4.01. The minimum atomic E-state index is -0.808. The molecule has 0 unspecified atom stereocenters. The number of H-pyrrole nitrogens is 1. The Morgan fingerprint density at radius 3 is 3.06 bits per heavy atom. The lowest BCUT2D eigenvalue weighted by Gasteiger charge is -2.00. The van der Waals surface area contributed by atoms with Gasteiger partial charge in [0, 0.05) is 19.4 Å². The number of fused-ring (bicyclic) bond motifs is 1. The van der Waals surface area contributed by atoms with E-state index in [1.54, 1.807) is 6.33 Å². The van der Waals surface area contributed by atoms with E-state index in [2.05, 4.69) is 15.0 Å². The first-order valence-corrected chi connectivity index (χ1v) is 5.82. The minimum absolute atomic E-state index is 0.122. The summed E-state index contributed by atoms with van der Waals surface area (Å²) < 4.78 is 1.85. The van der Waals surface area contributed by atoms with Crippen molar-refractivity contribution in [2.45, 2.75) is 32.7 Å². The Labute approximate surface area is 103 Å². The first kappa shape index (κ1) is 12.3. The maximum absolute atomic E-state index is 10.4. The largest absolute Gasteiger partial charge is 0.481 e. The van der Waals surface area contributed by atoms with E-state index >= 15 is 0 Å². The number of nitrogens with one attached hydrogen (secondary N) is 2. The molecule has 0 aliphatic carbocycles. The van der Waals surface area contributed by atoms with Crippen LogP contribution in [0, 0.1) is 5.41 Å². The van der Waals surface area contributed by atoms with Crippen LogP contribution in [0.5, 0.6) is 0 Å². The molecule has 2 heterocycles. The Kier molecular flexibility index (Phi) is 3.40. The number of aliphatic carboxylic acids is 1. The Bertz CT molecular complexity index is 628. The molecule has 7 nitrogen and oxygen atoms in total. The quantitative estimate of drug-likeness (QED) is 0.723. The third-order valence-electron chi connectivity index (χ3n) is 2.71. The Balaban J connectivity index is 2.29. The van der Waals surface area contributed by atoms with E-state index < -0.39 is 5.97 Å². The molecule has 0 spiro atoms. The van der Waals surface area contributed by atoms with E-state index in [9.17, 15) is 4.79 Å². The van der Waals surface area contributed by atoms with Gasteiger partial charge < -0.3 is 14.7 Å². The molecule has 0 fully saturated rings. The lowest BCUT2D eigenvalue weighted by atomic mass is 10.2. The molecule has 0 saturated carbocycles. The highest BCUT2D eigenvalue weighted by molar-refractivity contribution is 5.69. The van der Waals surface area contributed by atoms with Gasteiger partial charge in [0.05, 0.1) is 6.33 Å². The molecule has 18 heavy (non-hydrogen) atoms. The van der Waals surface area contributed by atoms with Crippen molar-refractivity contribution in [2.75, 3.05) is 0 Å². The van der Waals surface area contributed by atoms with Gasteiger partial charge in [0.1, 0.15) is 11.3 Å². The number of aromatic amines is 1. The number of aryl methyl sites for hydroxylation is 2. The van der Waals surface area contributed by atoms with E-state index in [0.29, 0.717) is 29.8 Å². The van der Waals surface area contributed by atoms with Gasteiger partial charge in [-0.2, -0.15) is 0 Å². The Hall–Kier alpha value is -2.18. The molecule has 0 saturated heterocycles. The Morgan fingerprint density at radius 2 is 2.39 bits per heavy atom. The van der Waals surface area contributed by atoms with Crippen LogP contribution in [0.3, 0.4) is 0 Å². The molecule has 3 N–H and O–H groups in total. The zero-order valence-electron chi connectivity index (χ0n) is 10.1. The highest BCUT2D eigenvalue weighted by Gasteiger charge is 2.08. The number of rotatable bonds is 5. The van der Waals surface area contributed by atoms with Crippen molar-refractivity contribution in [1.29, 1.82) is 5.41 Å². The molecule has 7 heteroatoms. The molecule has 0 radical (unpaired) electrons. The molecule has 0 bridgehead atoms. The van der Waals surface area contributed by atoms with Gasteiger partial charge in [0.2, 0.25) is 0 Å². The van der Waals surface area contributed by atoms with Crippen LogP contribution in [0.15, 0.2) is 6.33 Å². The number of imidazole rings is 1. The monoisotopic (exact) mass is 249 g/mol. The molecule has 2 aromatic heterocycles. The van der Waals surface area contributed by atoms with Gasteiger partial charge >= 0.3 is 5.97 Å². The van der Waals surface area contributed by atoms with Crippen LogP contribution in [0.25, 0.3) is 11.2 Å². The van der Waals surface area contributed by atoms with Crippen LogP contribution < -0.4 is 5.49 Å². The molecule has 0 amide bonds. The standard InChI is InChI=1S/C11H15N5O2/c1-2-16-6-13-10(12)9-11(16)15-7(14-9)4-3-5-8(17)18/h6,12H,2-5H2,1H3,(H,14,15)(H,17,18). The summed E-state index contributed by atoms with van der Waals surface area (Å²) in [6.45, 7) is 2.70. The summed E-state index contributed by atoms with van der Waals surface area (Å²) in [4.78, 5) is 21.8. The summed E-state index contributed by atoms with van der Waals surface area (Å²) >= 11 is 0. The van der Waals surface area contributed by atoms with Gasteiger partial charge in [0.15, 0.2) is 11.1 Å². The van der Waals surface area contributed by atoms with Gasteiger partial charge in [0.25, 0.3) is 0 Å². The summed E-state index contributed by atoms with van der Waals surface area (Å²) in [6, 6.07) is 0. The van der Waals surface area contributed by atoms with Crippen molar-refractivity contribution in [2.24, 2.45) is 0 Å². The molecular weight excluding hydrogens is 234 g/mol. The van der Waals surface area contributed by atoms with Gasteiger partial charge in [-0.3, -0.25) is 10.2 Å². The van der Waals surface area contributed by atoms with Crippen LogP contribution >= 0.6 is 0 Å². The van der Waals surface area contributed by atoms with E-state index in [4.69, 9.17) is 10.5 Å². The number of aromatic nitrogens is 4. The predicted octanol–water partition coefficient (Wildman–Crippen LogP) is 0.666. The molecular formula is C11H15N5O2. The highest BCUT2D eigenvalue weighted by Crippen LogP contribution is 2.08. The molecule has 96 valence electrons. The van der Waals surface area contributed by atoms with E-state index in [1.807, 2.05) is 11.5 Å². The van der Waals surface area contributed by atoms with Crippen molar-refractivity contribution < 1.29 is 9.90 Å². The molecule has 0 aromatic carbocycles. The fourth-order valence-electron chi connectivity index (χ4n) is 1.79. The number of carbonyl (C=O) groups is 1. The van der Waals surface area contributed by atoms with Gasteiger partial charge in [-0.25, -0.2) is 9.97 Å². The van der Waals surface area contributed by atoms with Gasteiger partial charge in [-0.15, -0.1) is 0 Å². The summed E-state index contributed by atoms with van der Waals surface area (Å²) in [5.74, 6) is -0.104. The van der Waals surface area contributed by atoms with Crippen LogP contribution in [-0.2, 0) is 17.8 Å². The van der Waals surface area contributed by atoms with E-state index in [0.717, 1.165) is 6.54 Å². The smallest absolute Gasteiger partial charge is 0.303 e. The fourth-order valence-corrected chi connectivity index (χ4v) is 1.79. The lowest BCUT2D eigenvalue weighted by Crippen LogP contribution is -2.11. The maximum atomic E-state index is 10.4. The van der Waals surface area contributed by atoms with Crippen LogP contribution in [-0.4, -0.2) is 30.6 Å². The van der Waals surface area contributed by atoms with Crippen molar-refractivity contribution in [3.63, 3.8) is 0 Å². The first-order valence-electron chi connectivity index (χ1n) is 5.82. The second kappa shape index (κ2) is 4.99. The summed E-state index contributed by atoms with van der Waals surface area (Å²) in [5.41, 5.74) is 1.46. The van der Waals surface area contributed by atoms with Crippen LogP contribution in [0.4, 0.5) is 0 Å². The topological polar surface area (TPSA) is 108 Å². The normalized spacial score (nSPS) is 10.9. The molecule has 2 rings (SSSR count). The molecule has 0 atom stereocenters. The zero-order valence-corrected chi connectivity index (χ0v) is 10.1. The third kappa shape index (κ3) is 2.39. The lowest BCUT2D eigenvalue weighted by molar-refractivity contribution is -0.137.